The molecule has 0 amide bonds. The molecule has 0 aliphatic heterocycles. The van der Waals surface area contributed by atoms with E-state index in [-0.39, 0.29) is 0 Å². The molecule has 0 aromatic carbocycles. The molecule has 2 N–H and O–H groups in total. The number of nitrogens with two attached hydrogens (primary N) is 1. The SMILES string of the molecule is CC1(Cc2ccsc2)CCC(N)C1. The number of hydrogen-bond acceptors (Lipinski definition) is 2. The molecule has 1 heterocycles. The molecule has 2 unspecified atom stereocenters. The van der Waals surface area contributed by atoms with Crippen LogP contribution in [0.4, 0.5) is 0 Å². The topological polar surface area (TPSA) is 26.0 Å². The van der Waals surface area contributed by atoms with Gasteiger partial charge in [0.15, 0.2) is 0 Å². The highest BCUT2D eigenvalue weighted by Crippen LogP contribution is 2.39. The summed E-state index contributed by atoms with van der Waals surface area (Å²) in [5.74, 6) is 0. The first-order valence-corrected chi connectivity index (χ1v) is 5.89. The molecule has 2 heteroatoms. The fourth-order valence-electron chi connectivity index (χ4n) is 2.42. The fraction of sp³-hybridized carbons (Fsp3) is 0.636. The molecular formula is C11H17NS. The molecule has 13 heavy (non-hydrogen) atoms. The summed E-state index contributed by atoms with van der Waals surface area (Å²) < 4.78 is 0. The van der Waals surface area contributed by atoms with Crippen LogP contribution in [0.2, 0.25) is 0 Å². The standard InChI is InChI=1S/C11H17NS/c1-11(4-2-10(12)7-11)6-9-3-5-13-8-9/h3,5,8,10H,2,4,6-7,12H2,1H3. The minimum absolute atomic E-state index is 0.448. The summed E-state index contributed by atoms with van der Waals surface area (Å²) in [6, 6.07) is 2.68. The number of rotatable bonds is 2. The van der Waals surface area contributed by atoms with E-state index in [1.807, 2.05) is 0 Å². The quantitative estimate of drug-likeness (QED) is 0.771. The predicted molar refractivity (Wildman–Crippen MR) is 58.0 cm³/mol. The molecule has 2 atom stereocenters. The molecular weight excluding hydrogens is 178 g/mol. The van der Waals surface area contributed by atoms with Crippen LogP contribution in [-0.2, 0) is 6.42 Å². The van der Waals surface area contributed by atoms with Crippen LogP contribution in [-0.4, -0.2) is 6.04 Å². The third-order valence-corrected chi connectivity index (χ3v) is 3.82. The minimum atomic E-state index is 0.448. The molecule has 1 aliphatic carbocycles. The first kappa shape index (κ1) is 9.22. The summed E-state index contributed by atoms with van der Waals surface area (Å²) in [5.41, 5.74) is 7.90. The van der Waals surface area contributed by atoms with E-state index in [4.69, 9.17) is 5.73 Å². The highest BCUT2D eigenvalue weighted by Gasteiger charge is 2.33. The van der Waals surface area contributed by atoms with E-state index in [0.717, 1.165) is 0 Å². The van der Waals surface area contributed by atoms with Gasteiger partial charge in [-0.15, -0.1) is 0 Å². The van der Waals surface area contributed by atoms with E-state index in [9.17, 15) is 0 Å². The summed E-state index contributed by atoms with van der Waals surface area (Å²) >= 11 is 1.79. The van der Waals surface area contributed by atoms with E-state index in [2.05, 4.69) is 23.8 Å². The average molecular weight is 195 g/mol. The van der Waals surface area contributed by atoms with E-state index in [1.165, 1.54) is 31.2 Å². The maximum absolute atomic E-state index is 5.94. The van der Waals surface area contributed by atoms with Crippen LogP contribution in [0.25, 0.3) is 0 Å². The third-order valence-electron chi connectivity index (χ3n) is 3.08. The van der Waals surface area contributed by atoms with Crippen molar-refractivity contribution in [3.8, 4) is 0 Å². The molecule has 0 saturated heterocycles. The maximum Gasteiger partial charge on any atom is 0.00443 e. The molecule has 1 aromatic heterocycles. The summed E-state index contributed by atoms with van der Waals surface area (Å²) in [5, 5.41) is 4.42. The molecule has 1 saturated carbocycles. The smallest absolute Gasteiger partial charge is 0.00443 e. The second-order valence-electron chi connectivity index (χ2n) is 4.62. The van der Waals surface area contributed by atoms with Gasteiger partial charge in [0.25, 0.3) is 0 Å². The molecule has 0 radical (unpaired) electrons. The van der Waals surface area contributed by atoms with Crippen molar-refractivity contribution in [2.75, 3.05) is 0 Å². The average Bonchev–Trinajstić information content (AvgIpc) is 2.62. The van der Waals surface area contributed by atoms with Crippen LogP contribution in [0.3, 0.4) is 0 Å². The minimum Gasteiger partial charge on any atom is -0.328 e. The summed E-state index contributed by atoms with van der Waals surface area (Å²) in [4.78, 5) is 0. The first-order chi connectivity index (χ1) is 6.18. The Hall–Kier alpha value is -0.340. The highest BCUT2D eigenvalue weighted by atomic mass is 32.1. The van der Waals surface area contributed by atoms with Gasteiger partial charge in [-0.25, -0.2) is 0 Å². The summed E-state index contributed by atoms with van der Waals surface area (Å²) in [6.07, 6.45) is 4.91. The molecule has 72 valence electrons. The van der Waals surface area contributed by atoms with Crippen molar-refractivity contribution in [1.82, 2.24) is 0 Å². The molecule has 1 aliphatic rings. The Morgan fingerprint density at radius 1 is 1.69 bits per heavy atom. The van der Waals surface area contributed by atoms with Gasteiger partial charge >= 0.3 is 0 Å². The lowest BCUT2D eigenvalue weighted by Gasteiger charge is -2.22. The summed E-state index contributed by atoms with van der Waals surface area (Å²) in [6.45, 7) is 2.37. The lowest BCUT2D eigenvalue weighted by Crippen LogP contribution is -2.20. The Balaban J connectivity index is 2.01. The summed E-state index contributed by atoms with van der Waals surface area (Å²) in [7, 11) is 0. The molecule has 2 rings (SSSR count). The van der Waals surface area contributed by atoms with Gasteiger partial charge in [0.05, 0.1) is 0 Å². The van der Waals surface area contributed by atoms with Crippen LogP contribution in [0.1, 0.15) is 31.7 Å². The normalized spacial score (nSPS) is 33.8. The highest BCUT2D eigenvalue weighted by molar-refractivity contribution is 7.07. The molecule has 1 aromatic rings. The Morgan fingerprint density at radius 3 is 3.08 bits per heavy atom. The van der Waals surface area contributed by atoms with Gasteiger partial charge in [-0.3, -0.25) is 0 Å². The Kier molecular flexibility index (Phi) is 2.43. The Bertz CT molecular complexity index is 268. The van der Waals surface area contributed by atoms with E-state index in [0.29, 0.717) is 11.5 Å². The zero-order valence-corrected chi connectivity index (χ0v) is 8.94. The largest absolute Gasteiger partial charge is 0.328 e. The van der Waals surface area contributed by atoms with Crippen LogP contribution in [0.15, 0.2) is 16.8 Å². The number of thiophene rings is 1. The zero-order valence-electron chi connectivity index (χ0n) is 8.12. The van der Waals surface area contributed by atoms with Crippen LogP contribution >= 0.6 is 11.3 Å². The Morgan fingerprint density at radius 2 is 2.54 bits per heavy atom. The fourth-order valence-corrected chi connectivity index (χ4v) is 3.09. The molecule has 1 fully saturated rings. The lowest BCUT2D eigenvalue weighted by molar-refractivity contribution is 0.330. The van der Waals surface area contributed by atoms with Crippen molar-refractivity contribution in [3.05, 3.63) is 22.4 Å². The van der Waals surface area contributed by atoms with Crippen molar-refractivity contribution in [3.63, 3.8) is 0 Å². The van der Waals surface area contributed by atoms with Crippen LogP contribution < -0.4 is 5.73 Å². The van der Waals surface area contributed by atoms with Crippen LogP contribution in [0, 0.1) is 5.41 Å². The van der Waals surface area contributed by atoms with Crippen molar-refractivity contribution in [2.45, 2.75) is 38.6 Å². The van der Waals surface area contributed by atoms with Crippen molar-refractivity contribution in [1.29, 1.82) is 0 Å². The lowest BCUT2D eigenvalue weighted by atomic mass is 9.83. The molecule has 1 nitrogen and oxygen atoms in total. The third kappa shape index (κ3) is 2.12. The van der Waals surface area contributed by atoms with Crippen molar-refractivity contribution in [2.24, 2.45) is 11.1 Å². The molecule has 0 bridgehead atoms. The van der Waals surface area contributed by atoms with Gasteiger partial charge in [0.1, 0.15) is 0 Å². The van der Waals surface area contributed by atoms with E-state index < -0.39 is 0 Å². The van der Waals surface area contributed by atoms with Crippen LogP contribution in [0.5, 0.6) is 0 Å². The number of hydrogen-bond donors (Lipinski definition) is 1. The van der Waals surface area contributed by atoms with E-state index in [1.54, 1.807) is 11.3 Å². The second-order valence-corrected chi connectivity index (χ2v) is 5.40. The monoisotopic (exact) mass is 195 g/mol. The van der Waals surface area contributed by atoms with Gasteiger partial charge < -0.3 is 5.73 Å². The maximum atomic E-state index is 5.94. The van der Waals surface area contributed by atoms with Gasteiger partial charge in [-0.1, -0.05) is 6.92 Å². The second kappa shape index (κ2) is 3.43. The molecule has 0 spiro atoms. The first-order valence-electron chi connectivity index (χ1n) is 4.95. The van der Waals surface area contributed by atoms with Gasteiger partial charge in [-0.2, -0.15) is 11.3 Å². The van der Waals surface area contributed by atoms with Gasteiger partial charge in [-0.05, 0) is 53.5 Å². The van der Waals surface area contributed by atoms with Crippen molar-refractivity contribution < 1.29 is 0 Å². The van der Waals surface area contributed by atoms with Gasteiger partial charge in [0, 0.05) is 6.04 Å². The zero-order chi connectivity index (χ0) is 9.31. The van der Waals surface area contributed by atoms with Gasteiger partial charge in [0.2, 0.25) is 0 Å². The predicted octanol–water partition coefficient (Wildman–Crippen LogP) is 2.81. The van der Waals surface area contributed by atoms with Crippen molar-refractivity contribution >= 4 is 11.3 Å². The van der Waals surface area contributed by atoms with E-state index >= 15 is 0 Å². The Labute approximate surface area is 84.0 Å².